The Kier molecular flexibility index (Phi) is 4.24. The highest BCUT2D eigenvalue weighted by Crippen LogP contribution is 2.22. The normalized spacial score (nSPS) is 11.1. The molecule has 0 unspecified atom stereocenters. The number of amides is 1. The number of pyridine rings is 1. The lowest BCUT2D eigenvalue weighted by Gasteiger charge is -2.06. The first-order valence-electron chi connectivity index (χ1n) is 7.23. The van der Waals surface area contributed by atoms with E-state index in [1.165, 1.54) is 11.3 Å². The zero-order chi connectivity index (χ0) is 16.4. The Labute approximate surface area is 137 Å². The number of aryl methyl sites for hydroxylation is 1. The maximum Gasteiger partial charge on any atom is 0.264 e. The quantitative estimate of drug-likeness (QED) is 0.777. The van der Waals surface area contributed by atoms with E-state index in [0.717, 1.165) is 10.7 Å². The van der Waals surface area contributed by atoms with Crippen LogP contribution in [0.5, 0.6) is 5.75 Å². The molecule has 7 nitrogen and oxygen atoms in total. The minimum atomic E-state index is -0.276. The van der Waals surface area contributed by atoms with E-state index in [4.69, 9.17) is 4.74 Å². The maximum absolute atomic E-state index is 12.0. The zero-order valence-electron chi connectivity index (χ0n) is 13.1. The van der Waals surface area contributed by atoms with Crippen LogP contribution in [-0.2, 0) is 4.79 Å². The van der Waals surface area contributed by atoms with Crippen molar-refractivity contribution in [2.24, 2.45) is 0 Å². The number of ether oxygens (including phenoxy) is 1. The molecule has 0 fully saturated rings. The first-order chi connectivity index (χ1) is 11.0. The van der Waals surface area contributed by atoms with Crippen molar-refractivity contribution >= 4 is 28.0 Å². The summed E-state index contributed by atoms with van der Waals surface area (Å²) >= 11 is 1.37. The predicted molar refractivity (Wildman–Crippen MR) is 88.1 cm³/mol. The lowest BCUT2D eigenvalue weighted by molar-refractivity contribution is -0.118. The minimum Gasteiger partial charge on any atom is -0.480 e. The predicted octanol–water partition coefficient (Wildman–Crippen LogP) is 2.64. The summed E-state index contributed by atoms with van der Waals surface area (Å²) in [6.45, 7) is 5.86. The number of fused-ring (bicyclic) bond motifs is 1. The van der Waals surface area contributed by atoms with Crippen LogP contribution in [0.2, 0.25) is 0 Å². The summed E-state index contributed by atoms with van der Waals surface area (Å²) < 4.78 is 7.45. The second-order valence-electron chi connectivity index (χ2n) is 5.42. The Bertz CT molecular complexity index is 839. The number of anilines is 1. The van der Waals surface area contributed by atoms with E-state index < -0.39 is 0 Å². The van der Waals surface area contributed by atoms with Crippen molar-refractivity contribution in [3.63, 3.8) is 0 Å². The molecule has 0 bridgehead atoms. The van der Waals surface area contributed by atoms with Gasteiger partial charge in [0.2, 0.25) is 5.13 Å². The van der Waals surface area contributed by atoms with Gasteiger partial charge in [0.25, 0.3) is 5.91 Å². The van der Waals surface area contributed by atoms with Gasteiger partial charge < -0.3 is 9.14 Å². The average molecular weight is 331 g/mol. The summed E-state index contributed by atoms with van der Waals surface area (Å²) in [6, 6.07) is 3.64. The van der Waals surface area contributed by atoms with Crippen LogP contribution in [0.4, 0.5) is 5.13 Å². The molecule has 0 saturated carbocycles. The molecule has 0 aliphatic rings. The van der Waals surface area contributed by atoms with Gasteiger partial charge in [-0.3, -0.25) is 10.1 Å². The molecule has 0 radical (unpaired) electrons. The summed E-state index contributed by atoms with van der Waals surface area (Å²) in [5.41, 5.74) is 1.58. The molecule has 0 spiro atoms. The van der Waals surface area contributed by atoms with Gasteiger partial charge in [0.05, 0.1) is 5.69 Å². The molecule has 1 amide bonds. The van der Waals surface area contributed by atoms with Gasteiger partial charge in [-0.05, 0) is 19.1 Å². The van der Waals surface area contributed by atoms with Crippen LogP contribution in [0.1, 0.15) is 30.5 Å². The third-order valence-corrected chi connectivity index (χ3v) is 4.25. The van der Waals surface area contributed by atoms with Crippen molar-refractivity contribution in [1.29, 1.82) is 0 Å². The number of hydrogen-bond acceptors (Lipinski definition) is 6. The monoisotopic (exact) mass is 331 g/mol. The van der Waals surface area contributed by atoms with Crippen molar-refractivity contribution < 1.29 is 9.53 Å². The van der Waals surface area contributed by atoms with Crippen molar-refractivity contribution in [1.82, 2.24) is 19.6 Å². The number of nitrogens with zero attached hydrogens (tertiary/aromatic N) is 4. The lowest BCUT2D eigenvalue weighted by atomic mass is 10.2. The first-order valence-corrected chi connectivity index (χ1v) is 8.05. The van der Waals surface area contributed by atoms with Gasteiger partial charge in [-0.2, -0.15) is 0 Å². The van der Waals surface area contributed by atoms with E-state index >= 15 is 0 Å². The van der Waals surface area contributed by atoms with E-state index in [0.29, 0.717) is 16.5 Å². The van der Waals surface area contributed by atoms with Crippen molar-refractivity contribution in [2.45, 2.75) is 26.7 Å². The SMILES string of the molecule is Cc1cn2cccc(OCC(=O)Nc3nnc(C(C)C)s3)c2n1. The molecule has 3 aromatic heterocycles. The van der Waals surface area contributed by atoms with Gasteiger partial charge >= 0.3 is 0 Å². The Hall–Kier alpha value is -2.48. The second kappa shape index (κ2) is 6.33. The van der Waals surface area contributed by atoms with E-state index in [1.54, 1.807) is 6.07 Å². The molecule has 0 aliphatic heterocycles. The Balaban J connectivity index is 1.63. The topological polar surface area (TPSA) is 81.4 Å². The van der Waals surface area contributed by atoms with E-state index in [2.05, 4.69) is 20.5 Å². The van der Waals surface area contributed by atoms with E-state index in [1.807, 2.05) is 43.6 Å². The van der Waals surface area contributed by atoms with Crippen molar-refractivity contribution in [3.05, 3.63) is 35.2 Å². The molecule has 0 aliphatic carbocycles. The van der Waals surface area contributed by atoms with Crippen LogP contribution in [0.3, 0.4) is 0 Å². The Morgan fingerprint density at radius 1 is 1.43 bits per heavy atom. The van der Waals surface area contributed by atoms with Gasteiger partial charge in [0.1, 0.15) is 5.01 Å². The van der Waals surface area contributed by atoms with Crippen molar-refractivity contribution in [2.75, 3.05) is 11.9 Å². The van der Waals surface area contributed by atoms with Gasteiger partial charge in [-0.1, -0.05) is 25.2 Å². The second-order valence-corrected chi connectivity index (χ2v) is 6.43. The molecule has 0 atom stereocenters. The summed E-state index contributed by atoms with van der Waals surface area (Å²) in [4.78, 5) is 16.4. The molecule has 3 rings (SSSR count). The molecular weight excluding hydrogens is 314 g/mol. The smallest absolute Gasteiger partial charge is 0.264 e. The molecule has 0 saturated heterocycles. The number of imidazole rings is 1. The van der Waals surface area contributed by atoms with Crippen molar-refractivity contribution in [3.8, 4) is 5.75 Å². The van der Waals surface area contributed by atoms with E-state index in [-0.39, 0.29) is 18.4 Å². The molecule has 0 aromatic carbocycles. The first kappa shape index (κ1) is 15.4. The Morgan fingerprint density at radius 2 is 2.26 bits per heavy atom. The van der Waals surface area contributed by atoms with Crippen LogP contribution < -0.4 is 10.1 Å². The molecule has 3 heterocycles. The number of hydrogen-bond donors (Lipinski definition) is 1. The van der Waals surface area contributed by atoms with Gasteiger partial charge in [-0.15, -0.1) is 10.2 Å². The molecule has 23 heavy (non-hydrogen) atoms. The van der Waals surface area contributed by atoms with Gasteiger partial charge in [-0.25, -0.2) is 4.98 Å². The largest absolute Gasteiger partial charge is 0.480 e. The van der Waals surface area contributed by atoms with Crippen LogP contribution in [0.25, 0.3) is 5.65 Å². The summed E-state index contributed by atoms with van der Waals surface area (Å²) in [6.07, 6.45) is 3.79. The van der Waals surface area contributed by atoms with Gasteiger partial charge in [0.15, 0.2) is 18.0 Å². The zero-order valence-corrected chi connectivity index (χ0v) is 13.9. The highest BCUT2D eigenvalue weighted by molar-refractivity contribution is 7.15. The third kappa shape index (κ3) is 3.48. The fraction of sp³-hybridized carbons (Fsp3) is 0.333. The molecule has 120 valence electrons. The fourth-order valence-corrected chi connectivity index (χ4v) is 2.80. The maximum atomic E-state index is 12.0. The average Bonchev–Trinajstić information content (AvgIpc) is 3.10. The Morgan fingerprint density at radius 3 is 3.00 bits per heavy atom. The number of aromatic nitrogens is 4. The highest BCUT2D eigenvalue weighted by atomic mass is 32.1. The van der Waals surface area contributed by atoms with Crippen LogP contribution in [-0.4, -0.2) is 32.1 Å². The number of carbonyl (C=O) groups excluding carboxylic acids is 1. The lowest BCUT2D eigenvalue weighted by Crippen LogP contribution is -2.20. The number of nitrogens with one attached hydrogen (secondary N) is 1. The third-order valence-electron chi connectivity index (χ3n) is 3.11. The molecule has 3 aromatic rings. The summed E-state index contributed by atoms with van der Waals surface area (Å²) in [7, 11) is 0. The number of carbonyl (C=O) groups is 1. The summed E-state index contributed by atoms with van der Waals surface area (Å²) in [5, 5.41) is 12.0. The molecule has 8 heteroatoms. The van der Waals surface area contributed by atoms with Crippen LogP contribution in [0, 0.1) is 6.92 Å². The van der Waals surface area contributed by atoms with Gasteiger partial charge in [0, 0.05) is 18.3 Å². The number of rotatable bonds is 5. The standard InChI is InChI=1S/C15H17N5O2S/c1-9(2)14-18-19-15(23-14)17-12(21)8-22-11-5-4-6-20-7-10(3)16-13(11)20/h4-7,9H,8H2,1-3H3,(H,17,19,21). The fourth-order valence-electron chi connectivity index (χ4n) is 2.04. The molecule has 1 N–H and O–H groups in total. The van der Waals surface area contributed by atoms with Crippen LogP contribution in [0.15, 0.2) is 24.5 Å². The summed E-state index contributed by atoms with van der Waals surface area (Å²) in [5.74, 6) is 0.577. The highest BCUT2D eigenvalue weighted by Gasteiger charge is 2.12. The minimum absolute atomic E-state index is 0.109. The molecular formula is C15H17N5O2S. The van der Waals surface area contributed by atoms with Crippen LogP contribution >= 0.6 is 11.3 Å². The van der Waals surface area contributed by atoms with E-state index in [9.17, 15) is 4.79 Å².